The number of allylic oxidation sites excluding steroid dienone is 1. The molecule has 0 atom stereocenters. The van der Waals surface area contributed by atoms with Crippen molar-refractivity contribution in [2.24, 2.45) is 0 Å². The first-order chi connectivity index (χ1) is 6.42. The fraction of sp³-hybridized carbons (Fsp3) is 0.333. The molecule has 1 heteroatoms. The molecule has 1 aliphatic carbocycles. The zero-order valence-electron chi connectivity index (χ0n) is 7.84. The van der Waals surface area contributed by atoms with Gasteiger partial charge in [0.25, 0.3) is 0 Å². The van der Waals surface area contributed by atoms with E-state index in [4.69, 9.17) is 4.74 Å². The molecule has 0 aromatic heterocycles. The molecule has 0 amide bonds. The standard InChI is InChI=1S/C12H13O/c1-13-12-9-5-3-7-10-6-2-4-8-11(10)12/h2,4,6,8H,3,5,7H2,1H3. The molecule has 1 aliphatic rings. The van der Waals surface area contributed by atoms with Crippen LogP contribution >= 0.6 is 0 Å². The molecular formula is C12H13O. The van der Waals surface area contributed by atoms with Gasteiger partial charge in [-0.2, -0.15) is 0 Å². The maximum atomic E-state index is 5.30. The van der Waals surface area contributed by atoms with Crippen LogP contribution in [0.5, 0.6) is 0 Å². The summed E-state index contributed by atoms with van der Waals surface area (Å²) in [6.45, 7) is 0. The minimum Gasteiger partial charge on any atom is -0.496 e. The van der Waals surface area contributed by atoms with Crippen molar-refractivity contribution in [1.82, 2.24) is 0 Å². The second-order valence-corrected chi connectivity index (χ2v) is 3.22. The summed E-state index contributed by atoms with van der Waals surface area (Å²) in [4.78, 5) is 0. The summed E-state index contributed by atoms with van der Waals surface area (Å²) < 4.78 is 5.30. The average Bonchev–Trinajstić information content (AvgIpc) is 2.39. The zero-order valence-corrected chi connectivity index (χ0v) is 7.84. The smallest absolute Gasteiger partial charge is 0.129 e. The van der Waals surface area contributed by atoms with E-state index in [9.17, 15) is 0 Å². The van der Waals surface area contributed by atoms with Crippen LogP contribution in [-0.2, 0) is 11.2 Å². The number of ether oxygens (including phenoxy) is 1. The summed E-state index contributed by atoms with van der Waals surface area (Å²) in [6, 6.07) is 8.40. The van der Waals surface area contributed by atoms with Gasteiger partial charge >= 0.3 is 0 Å². The van der Waals surface area contributed by atoms with Crippen LogP contribution in [0.2, 0.25) is 0 Å². The van der Waals surface area contributed by atoms with Gasteiger partial charge in [-0.25, -0.2) is 0 Å². The fourth-order valence-corrected chi connectivity index (χ4v) is 1.72. The summed E-state index contributed by atoms with van der Waals surface area (Å²) in [6.07, 6.45) is 6.59. The van der Waals surface area contributed by atoms with E-state index in [1.807, 2.05) is 6.07 Å². The van der Waals surface area contributed by atoms with Crippen molar-refractivity contribution < 1.29 is 4.74 Å². The van der Waals surface area contributed by atoms with Gasteiger partial charge in [-0.15, -0.1) is 0 Å². The number of aryl methyl sites for hydroxylation is 1. The molecule has 0 fully saturated rings. The van der Waals surface area contributed by atoms with Crippen molar-refractivity contribution in [3.63, 3.8) is 0 Å². The SMILES string of the molecule is COC1=[C]CCCc2ccccc21. The molecule has 1 radical (unpaired) electrons. The van der Waals surface area contributed by atoms with Gasteiger partial charge in [-0.3, -0.25) is 0 Å². The molecule has 1 aromatic carbocycles. The molecule has 1 nitrogen and oxygen atoms in total. The van der Waals surface area contributed by atoms with Crippen molar-refractivity contribution in [3.8, 4) is 0 Å². The van der Waals surface area contributed by atoms with E-state index in [0.29, 0.717) is 0 Å². The summed E-state index contributed by atoms with van der Waals surface area (Å²) in [5.74, 6) is 0.910. The van der Waals surface area contributed by atoms with E-state index in [-0.39, 0.29) is 0 Å². The normalized spacial score (nSPS) is 15.6. The third-order valence-corrected chi connectivity index (χ3v) is 2.37. The molecule has 0 N–H and O–H groups in total. The molecular weight excluding hydrogens is 160 g/mol. The highest BCUT2D eigenvalue weighted by molar-refractivity contribution is 5.62. The van der Waals surface area contributed by atoms with E-state index >= 15 is 0 Å². The molecule has 0 spiro atoms. The molecule has 13 heavy (non-hydrogen) atoms. The third-order valence-electron chi connectivity index (χ3n) is 2.37. The van der Waals surface area contributed by atoms with E-state index in [0.717, 1.165) is 18.6 Å². The molecule has 0 saturated heterocycles. The number of fused-ring (bicyclic) bond motifs is 1. The topological polar surface area (TPSA) is 9.23 Å². The first-order valence-corrected chi connectivity index (χ1v) is 4.65. The first kappa shape index (κ1) is 8.36. The highest BCUT2D eigenvalue weighted by Gasteiger charge is 2.10. The minimum atomic E-state index is 0.910. The number of rotatable bonds is 1. The van der Waals surface area contributed by atoms with Gasteiger partial charge in [-0.05, 0) is 24.8 Å². The molecule has 0 bridgehead atoms. The highest BCUT2D eigenvalue weighted by Crippen LogP contribution is 2.24. The maximum Gasteiger partial charge on any atom is 0.129 e. The monoisotopic (exact) mass is 173 g/mol. The summed E-state index contributed by atoms with van der Waals surface area (Å²) in [7, 11) is 1.71. The van der Waals surface area contributed by atoms with Crippen molar-refractivity contribution in [1.29, 1.82) is 0 Å². The van der Waals surface area contributed by atoms with Crippen molar-refractivity contribution in [2.45, 2.75) is 19.3 Å². The molecule has 1 aromatic rings. The fourth-order valence-electron chi connectivity index (χ4n) is 1.72. The lowest BCUT2D eigenvalue weighted by atomic mass is 10.0. The van der Waals surface area contributed by atoms with Crippen LogP contribution in [0.25, 0.3) is 5.76 Å². The van der Waals surface area contributed by atoms with Crippen LogP contribution in [0, 0.1) is 6.08 Å². The Kier molecular flexibility index (Phi) is 2.35. The van der Waals surface area contributed by atoms with Gasteiger partial charge in [0.2, 0.25) is 0 Å². The number of hydrogen-bond acceptors (Lipinski definition) is 1. The Morgan fingerprint density at radius 3 is 3.00 bits per heavy atom. The Hall–Kier alpha value is -1.24. The van der Waals surface area contributed by atoms with Crippen molar-refractivity contribution >= 4 is 5.76 Å². The van der Waals surface area contributed by atoms with E-state index in [1.54, 1.807) is 7.11 Å². The molecule has 0 heterocycles. The van der Waals surface area contributed by atoms with E-state index in [1.165, 1.54) is 17.5 Å². The van der Waals surface area contributed by atoms with Gasteiger partial charge in [0.05, 0.1) is 7.11 Å². The van der Waals surface area contributed by atoms with Gasteiger partial charge in [0.15, 0.2) is 0 Å². The first-order valence-electron chi connectivity index (χ1n) is 4.65. The van der Waals surface area contributed by atoms with Crippen molar-refractivity contribution in [2.75, 3.05) is 7.11 Å². The summed E-state index contributed by atoms with van der Waals surface area (Å²) in [5, 5.41) is 0. The quantitative estimate of drug-likeness (QED) is 0.634. The predicted molar refractivity (Wildman–Crippen MR) is 53.0 cm³/mol. The number of methoxy groups -OCH3 is 1. The molecule has 0 aliphatic heterocycles. The van der Waals surface area contributed by atoms with E-state index < -0.39 is 0 Å². The Labute approximate surface area is 79.0 Å². The Bertz CT molecular complexity index is 326. The highest BCUT2D eigenvalue weighted by atomic mass is 16.5. The van der Waals surface area contributed by atoms with Crippen LogP contribution in [0.1, 0.15) is 24.0 Å². The second-order valence-electron chi connectivity index (χ2n) is 3.22. The number of benzene rings is 1. The Balaban J connectivity index is 2.47. The molecule has 0 unspecified atom stereocenters. The van der Waals surface area contributed by atoms with Crippen LogP contribution in [-0.4, -0.2) is 7.11 Å². The summed E-state index contributed by atoms with van der Waals surface area (Å²) >= 11 is 0. The number of hydrogen-bond donors (Lipinski definition) is 0. The maximum absolute atomic E-state index is 5.30. The lowest BCUT2D eigenvalue weighted by molar-refractivity contribution is 0.367. The van der Waals surface area contributed by atoms with Gasteiger partial charge in [0, 0.05) is 11.6 Å². The average molecular weight is 173 g/mol. The molecule has 67 valence electrons. The second kappa shape index (κ2) is 3.65. The molecule has 0 saturated carbocycles. The lowest BCUT2D eigenvalue weighted by Crippen LogP contribution is -1.92. The predicted octanol–water partition coefficient (Wildman–Crippen LogP) is 2.81. The zero-order chi connectivity index (χ0) is 9.10. The van der Waals surface area contributed by atoms with E-state index in [2.05, 4.69) is 24.3 Å². The third kappa shape index (κ3) is 1.59. The van der Waals surface area contributed by atoms with Gasteiger partial charge < -0.3 is 4.74 Å². The van der Waals surface area contributed by atoms with Crippen molar-refractivity contribution in [3.05, 3.63) is 41.5 Å². The van der Waals surface area contributed by atoms with Gasteiger partial charge in [-0.1, -0.05) is 24.3 Å². The van der Waals surface area contributed by atoms with Gasteiger partial charge in [0.1, 0.15) is 5.76 Å². The van der Waals surface area contributed by atoms with Crippen LogP contribution in [0.3, 0.4) is 0 Å². The Morgan fingerprint density at radius 2 is 2.15 bits per heavy atom. The van der Waals surface area contributed by atoms with Crippen LogP contribution in [0.15, 0.2) is 24.3 Å². The Morgan fingerprint density at radius 1 is 1.31 bits per heavy atom. The molecule has 2 rings (SSSR count). The minimum absolute atomic E-state index is 0.910. The lowest BCUT2D eigenvalue weighted by Gasteiger charge is -2.08. The van der Waals surface area contributed by atoms with Crippen LogP contribution in [0.4, 0.5) is 0 Å². The van der Waals surface area contributed by atoms with Crippen LogP contribution < -0.4 is 0 Å². The largest absolute Gasteiger partial charge is 0.496 e. The summed E-state index contributed by atoms with van der Waals surface area (Å²) in [5.41, 5.74) is 2.59.